The highest BCUT2D eigenvalue weighted by Crippen LogP contribution is 2.46. The molecule has 2 unspecified atom stereocenters. The summed E-state index contributed by atoms with van der Waals surface area (Å²) in [6.45, 7) is 0.174. The summed E-state index contributed by atoms with van der Waals surface area (Å²) in [7, 11) is 0. The SMILES string of the molecule is O=Cc1cccc(-c2nnc(N3C4CCC3CC(OCc3c(-c5ccccc5OC(F)(F)F)noc3C3CC3)C4)o2)c1. The number of carbonyl (C=O) groups is 1. The summed E-state index contributed by atoms with van der Waals surface area (Å²) in [5.41, 5.74) is 2.41. The molecule has 0 amide bonds. The molecule has 4 aromatic rings. The maximum Gasteiger partial charge on any atom is 0.573 e. The minimum Gasteiger partial charge on any atom is -0.405 e. The minimum absolute atomic E-state index is 0.0677. The van der Waals surface area contributed by atoms with Crippen molar-refractivity contribution >= 4 is 12.3 Å². The monoisotopic (exact) mass is 580 g/mol. The van der Waals surface area contributed by atoms with Crippen LogP contribution in [0.5, 0.6) is 5.75 Å². The largest absolute Gasteiger partial charge is 0.573 e. The molecule has 3 fully saturated rings. The molecule has 1 saturated carbocycles. The van der Waals surface area contributed by atoms with Crippen LogP contribution in [0.3, 0.4) is 0 Å². The molecule has 2 aliphatic heterocycles. The zero-order valence-electron chi connectivity index (χ0n) is 22.4. The quantitative estimate of drug-likeness (QED) is 0.200. The first-order valence-corrected chi connectivity index (χ1v) is 14.0. The molecule has 0 N–H and O–H groups in total. The van der Waals surface area contributed by atoms with Crippen molar-refractivity contribution in [3.05, 3.63) is 65.4 Å². The number of aldehydes is 1. The molecule has 4 heterocycles. The molecule has 218 valence electrons. The van der Waals surface area contributed by atoms with Gasteiger partial charge in [-0.25, -0.2) is 0 Å². The highest BCUT2D eigenvalue weighted by molar-refractivity contribution is 5.77. The smallest absolute Gasteiger partial charge is 0.405 e. The van der Waals surface area contributed by atoms with E-state index in [2.05, 4.69) is 25.0 Å². The highest BCUT2D eigenvalue weighted by atomic mass is 19.4. The third kappa shape index (κ3) is 5.26. The van der Waals surface area contributed by atoms with E-state index in [4.69, 9.17) is 13.7 Å². The number of rotatable bonds is 9. The van der Waals surface area contributed by atoms with Gasteiger partial charge in [0.2, 0.25) is 5.89 Å². The second-order valence-corrected chi connectivity index (χ2v) is 11.0. The van der Waals surface area contributed by atoms with Crippen molar-refractivity contribution in [1.29, 1.82) is 0 Å². The van der Waals surface area contributed by atoms with Gasteiger partial charge < -0.3 is 23.3 Å². The molecule has 0 spiro atoms. The van der Waals surface area contributed by atoms with Gasteiger partial charge in [0.15, 0.2) is 0 Å². The first kappa shape index (κ1) is 26.7. The summed E-state index contributed by atoms with van der Waals surface area (Å²) in [5.74, 6) is 0.890. The molecule has 2 aromatic carbocycles. The van der Waals surface area contributed by atoms with Crippen molar-refractivity contribution in [3.63, 3.8) is 0 Å². The molecule has 2 bridgehead atoms. The Hall–Kier alpha value is -4.19. The molecule has 0 radical (unpaired) electrons. The van der Waals surface area contributed by atoms with E-state index in [0.29, 0.717) is 40.0 Å². The Morgan fingerprint density at radius 1 is 1.00 bits per heavy atom. The lowest BCUT2D eigenvalue weighted by atomic mass is 9.99. The van der Waals surface area contributed by atoms with Crippen LogP contribution in [0.4, 0.5) is 19.2 Å². The molecule has 3 aliphatic rings. The van der Waals surface area contributed by atoms with Gasteiger partial charge in [0.05, 0.1) is 12.7 Å². The summed E-state index contributed by atoms with van der Waals surface area (Å²) in [6.07, 6.45) is 1.14. The van der Waals surface area contributed by atoms with Gasteiger partial charge in [-0.15, -0.1) is 18.3 Å². The number of halogens is 3. The molecule has 42 heavy (non-hydrogen) atoms. The summed E-state index contributed by atoms with van der Waals surface area (Å²) in [4.78, 5) is 13.3. The Morgan fingerprint density at radius 3 is 2.52 bits per heavy atom. The number of alkyl halides is 3. The number of ether oxygens (including phenoxy) is 2. The molecule has 7 rings (SSSR count). The zero-order chi connectivity index (χ0) is 28.8. The average Bonchev–Trinajstić information content (AvgIpc) is 3.44. The number of para-hydroxylation sites is 1. The summed E-state index contributed by atoms with van der Waals surface area (Å²) >= 11 is 0. The fourth-order valence-corrected chi connectivity index (χ4v) is 6.17. The zero-order valence-corrected chi connectivity index (χ0v) is 22.4. The molecule has 1 aliphatic carbocycles. The van der Waals surface area contributed by atoms with E-state index in [9.17, 15) is 18.0 Å². The molecule has 2 atom stereocenters. The van der Waals surface area contributed by atoms with E-state index < -0.39 is 6.36 Å². The van der Waals surface area contributed by atoms with Crippen LogP contribution in [0, 0.1) is 0 Å². The molecular weight excluding hydrogens is 553 g/mol. The maximum absolute atomic E-state index is 13.1. The second-order valence-electron chi connectivity index (χ2n) is 11.0. The third-order valence-electron chi connectivity index (χ3n) is 8.19. The van der Waals surface area contributed by atoms with Crippen LogP contribution >= 0.6 is 0 Å². The topological polar surface area (TPSA) is 104 Å². The number of hydrogen-bond donors (Lipinski definition) is 0. The van der Waals surface area contributed by atoms with Crippen molar-refractivity contribution in [1.82, 2.24) is 15.4 Å². The number of carbonyl (C=O) groups excluding carboxylic acids is 1. The maximum atomic E-state index is 13.1. The molecule has 12 heteroatoms. The number of fused-ring (bicyclic) bond motifs is 2. The van der Waals surface area contributed by atoms with E-state index in [-0.39, 0.29) is 42.0 Å². The van der Waals surface area contributed by atoms with Crippen LogP contribution in [0.15, 0.2) is 57.5 Å². The lowest BCUT2D eigenvalue weighted by molar-refractivity contribution is -0.274. The lowest BCUT2D eigenvalue weighted by Gasteiger charge is -2.37. The number of anilines is 1. The Bertz CT molecular complexity index is 1580. The number of aromatic nitrogens is 3. The molecule has 9 nitrogen and oxygen atoms in total. The fraction of sp³-hybridized carbons (Fsp3) is 0.400. The fourth-order valence-electron chi connectivity index (χ4n) is 6.17. The van der Waals surface area contributed by atoms with Gasteiger partial charge in [0.1, 0.15) is 23.5 Å². The van der Waals surface area contributed by atoms with Gasteiger partial charge in [-0.3, -0.25) is 4.79 Å². The Kier molecular flexibility index (Phi) is 6.72. The third-order valence-corrected chi connectivity index (χ3v) is 8.19. The van der Waals surface area contributed by atoms with E-state index in [0.717, 1.165) is 44.8 Å². The van der Waals surface area contributed by atoms with Crippen LogP contribution in [-0.2, 0) is 11.3 Å². The molecular formula is C30H27F3N4O5. The van der Waals surface area contributed by atoms with Crippen molar-refractivity contribution in [2.24, 2.45) is 0 Å². The second kappa shape index (κ2) is 10.6. The van der Waals surface area contributed by atoms with Gasteiger partial charge in [-0.2, -0.15) is 0 Å². The normalized spacial score (nSPS) is 22.0. The van der Waals surface area contributed by atoms with Crippen LogP contribution < -0.4 is 9.64 Å². The predicted octanol–water partition coefficient (Wildman–Crippen LogP) is 6.70. The Morgan fingerprint density at radius 2 is 1.79 bits per heavy atom. The highest BCUT2D eigenvalue weighted by Gasteiger charge is 2.44. The standard InChI is InChI=1S/C30H27F3N4O5/c31-30(32,33)41-25-7-2-1-6-23(25)26-24(27(42-36-26)18-8-9-18)16-39-22-13-20-10-11-21(14-22)37(20)29-35-34-28(40-29)19-5-3-4-17(12-19)15-38/h1-7,12,15,18,20-22H,8-11,13-14,16H2. The van der Waals surface area contributed by atoms with Crippen LogP contribution in [0.25, 0.3) is 22.7 Å². The summed E-state index contributed by atoms with van der Waals surface area (Å²) in [5, 5.41) is 12.7. The van der Waals surface area contributed by atoms with Gasteiger partial charge in [-0.05, 0) is 62.8 Å². The Labute approximate surface area is 238 Å². The van der Waals surface area contributed by atoms with Gasteiger partial charge in [0, 0.05) is 40.3 Å². The van der Waals surface area contributed by atoms with E-state index in [1.807, 2.05) is 6.07 Å². The molecule has 2 saturated heterocycles. The van der Waals surface area contributed by atoms with Crippen LogP contribution in [-0.4, -0.2) is 46.2 Å². The van der Waals surface area contributed by atoms with E-state index in [1.54, 1.807) is 30.3 Å². The van der Waals surface area contributed by atoms with Crippen LogP contribution in [0.2, 0.25) is 0 Å². The number of piperidine rings is 1. The van der Waals surface area contributed by atoms with Crippen LogP contribution in [0.1, 0.15) is 66.1 Å². The Balaban J connectivity index is 1.07. The molecule has 2 aromatic heterocycles. The van der Waals surface area contributed by atoms with E-state index in [1.165, 1.54) is 12.1 Å². The first-order chi connectivity index (χ1) is 20.4. The van der Waals surface area contributed by atoms with Crippen molar-refractivity contribution < 1.29 is 36.4 Å². The van der Waals surface area contributed by atoms with Gasteiger partial charge in [0.25, 0.3) is 0 Å². The predicted molar refractivity (Wildman–Crippen MR) is 143 cm³/mol. The average molecular weight is 581 g/mol. The minimum atomic E-state index is -4.83. The lowest BCUT2D eigenvalue weighted by Crippen LogP contribution is -2.45. The van der Waals surface area contributed by atoms with E-state index >= 15 is 0 Å². The summed E-state index contributed by atoms with van der Waals surface area (Å²) < 4.78 is 61.7. The van der Waals surface area contributed by atoms with Crippen molar-refractivity contribution in [2.45, 2.75) is 75.6 Å². The number of hydrogen-bond acceptors (Lipinski definition) is 9. The first-order valence-electron chi connectivity index (χ1n) is 14.0. The summed E-state index contributed by atoms with van der Waals surface area (Å²) in [6, 6.07) is 13.7. The number of benzene rings is 2. The van der Waals surface area contributed by atoms with Gasteiger partial charge in [-0.1, -0.05) is 34.5 Å². The van der Waals surface area contributed by atoms with Gasteiger partial charge >= 0.3 is 12.4 Å². The van der Waals surface area contributed by atoms with Crippen molar-refractivity contribution in [3.8, 4) is 28.5 Å². The number of nitrogens with zero attached hydrogens (tertiary/aromatic N) is 4. The van der Waals surface area contributed by atoms with Crippen molar-refractivity contribution in [2.75, 3.05) is 4.90 Å².